The van der Waals surface area contributed by atoms with E-state index in [-0.39, 0.29) is 28.6 Å². The molecule has 1 atom stereocenters. The van der Waals surface area contributed by atoms with Crippen LogP contribution in [0.25, 0.3) is 0 Å². The van der Waals surface area contributed by atoms with Crippen LogP contribution in [0.15, 0.2) is 30.3 Å². The molecule has 3 fully saturated rings. The molecular weight excluding hydrogens is 312 g/mol. The quantitative estimate of drug-likeness (QED) is 0.849. The van der Waals surface area contributed by atoms with Crippen LogP contribution in [-0.2, 0) is 15.0 Å². The van der Waals surface area contributed by atoms with Crippen LogP contribution in [-0.4, -0.2) is 48.8 Å². The van der Waals surface area contributed by atoms with Crippen LogP contribution in [0.2, 0.25) is 0 Å². The molecule has 2 amide bonds. The minimum atomic E-state index is -0.322. The zero-order chi connectivity index (χ0) is 17.7. The van der Waals surface area contributed by atoms with Gasteiger partial charge in [0.15, 0.2) is 0 Å². The van der Waals surface area contributed by atoms with E-state index in [2.05, 4.69) is 12.1 Å². The fraction of sp³-hybridized carbons (Fsp3) is 0.619. The number of hydrogen-bond acceptors (Lipinski definition) is 2. The maximum Gasteiger partial charge on any atom is 0.233 e. The standard InChI is InChI=1S/C21H28N2O2/c1-22(2)18(24)17-14-23(15-20(17)10-6-7-11-20)19(25)21(12-13-21)16-8-4-3-5-9-16/h3-5,8-9,17H,6-7,10-15H2,1-2H3. The summed E-state index contributed by atoms with van der Waals surface area (Å²) in [5, 5.41) is 0. The number of amides is 2. The van der Waals surface area contributed by atoms with Gasteiger partial charge in [0.2, 0.25) is 11.8 Å². The van der Waals surface area contributed by atoms with Gasteiger partial charge in [0, 0.05) is 32.6 Å². The van der Waals surface area contributed by atoms with Crippen molar-refractivity contribution < 1.29 is 9.59 Å². The average molecular weight is 340 g/mol. The van der Waals surface area contributed by atoms with E-state index in [9.17, 15) is 9.59 Å². The topological polar surface area (TPSA) is 40.6 Å². The maximum absolute atomic E-state index is 13.4. The lowest BCUT2D eigenvalue weighted by molar-refractivity contribution is -0.136. The van der Waals surface area contributed by atoms with Gasteiger partial charge >= 0.3 is 0 Å². The molecule has 0 bridgehead atoms. The van der Waals surface area contributed by atoms with Crippen LogP contribution in [0.5, 0.6) is 0 Å². The van der Waals surface area contributed by atoms with Crippen molar-refractivity contribution in [2.24, 2.45) is 11.3 Å². The molecule has 1 saturated heterocycles. The van der Waals surface area contributed by atoms with Crippen molar-refractivity contribution in [2.75, 3.05) is 27.2 Å². The van der Waals surface area contributed by atoms with Crippen molar-refractivity contribution in [1.29, 1.82) is 0 Å². The first-order valence-corrected chi connectivity index (χ1v) is 9.55. The Labute approximate surface area is 150 Å². The number of carbonyl (C=O) groups is 2. The van der Waals surface area contributed by atoms with Crippen LogP contribution in [0.4, 0.5) is 0 Å². The van der Waals surface area contributed by atoms with Crippen molar-refractivity contribution in [3.63, 3.8) is 0 Å². The minimum Gasteiger partial charge on any atom is -0.349 e. The predicted molar refractivity (Wildman–Crippen MR) is 97.0 cm³/mol. The highest BCUT2D eigenvalue weighted by molar-refractivity contribution is 5.92. The molecule has 0 aromatic heterocycles. The Balaban J connectivity index is 1.60. The molecule has 0 N–H and O–H groups in total. The summed E-state index contributed by atoms with van der Waals surface area (Å²) in [5.41, 5.74) is 0.837. The molecule has 1 unspecified atom stereocenters. The van der Waals surface area contributed by atoms with Crippen molar-refractivity contribution >= 4 is 11.8 Å². The summed E-state index contributed by atoms with van der Waals surface area (Å²) in [6.07, 6.45) is 6.40. The second-order valence-electron chi connectivity index (χ2n) is 8.49. The van der Waals surface area contributed by atoms with Gasteiger partial charge in [-0.3, -0.25) is 9.59 Å². The van der Waals surface area contributed by atoms with Crippen LogP contribution < -0.4 is 0 Å². The second kappa shape index (κ2) is 5.86. The molecule has 134 valence electrons. The van der Waals surface area contributed by atoms with Gasteiger partial charge in [0.1, 0.15) is 0 Å². The first-order valence-electron chi connectivity index (χ1n) is 9.55. The summed E-state index contributed by atoms with van der Waals surface area (Å²) in [6, 6.07) is 10.2. The van der Waals surface area contributed by atoms with Crippen LogP contribution in [0.3, 0.4) is 0 Å². The molecule has 1 spiro atoms. The normalized spacial score (nSPS) is 26.0. The SMILES string of the molecule is CN(C)C(=O)C1CN(C(=O)C2(c3ccccc3)CC2)CC12CCCC2. The fourth-order valence-electron chi connectivity index (χ4n) is 5.17. The van der Waals surface area contributed by atoms with E-state index >= 15 is 0 Å². The second-order valence-corrected chi connectivity index (χ2v) is 8.49. The largest absolute Gasteiger partial charge is 0.349 e. The molecule has 4 rings (SSSR count). The molecule has 1 aliphatic heterocycles. The highest BCUT2D eigenvalue weighted by atomic mass is 16.2. The Bertz CT molecular complexity index is 672. The van der Waals surface area contributed by atoms with E-state index in [1.165, 1.54) is 12.8 Å². The summed E-state index contributed by atoms with van der Waals surface area (Å²) in [4.78, 5) is 29.9. The monoisotopic (exact) mass is 340 g/mol. The molecule has 3 aliphatic rings. The van der Waals surface area contributed by atoms with Gasteiger partial charge in [-0.25, -0.2) is 0 Å². The van der Waals surface area contributed by atoms with Crippen molar-refractivity contribution in [3.05, 3.63) is 35.9 Å². The number of rotatable bonds is 3. The van der Waals surface area contributed by atoms with Gasteiger partial charge in [-0.15, -0.1) is 0 Å². The maximum atomic E-state index is 13.4. The van der Waals surface area contributed by atoms with Gasteiger partial charge in [0.05, 0.1) is 11.3 Å². The van der Waals surface area contributed by atoms with Crippen molar-refractivity contribution in [1.82, 2.24) is 9.80 Å². The third kappa shape index (κ3) is 2.57. The van der Waals surface area contributed by atoms with Gasteiger partial charge < -0.3 is 9.80 Å². The first kappa shape index (κ1) is 16.6. The van der Waals surface area contributed by atoms with E-state index in [4.69, 9.17) is 0 Å². The number of likely N-dealkylation sites (tertiary alicyclic amines) is 1. The van der Waals surface area contributed by atoms with Crippen LogP contribution in [0, 0.1) is 11.3 Å². The Kier molecular flexibility index (Phi) is 3.89. The van der Waals surface area contributed by atoms with Gasteiger partial charge in [-0.2, -0.15) is 0 Å². The van der Waals surface area contributed by atoms with E-state index in [1.807, 2.05) is 37.2 Å². The third-order valence-corrected chi connectivity index (χ3v) is 6.76. The molecule has 1 aromatic rings. The van der Waals surface area contributed by atoms with Gasteiger partial charge in [-0.1, -0.05) is 43.2 Å². The molecule has 4 heteroatoms. The first-order chi connectivity index (χ1) is 12.0. The fourth-order valence-corrected chi connectivity index (χ4v) is 5.17. The third-order valence-electron chi connectivity index (χ3n) is 6.76. The number of nitrogens with zero attached hydrogens (tertiary/aromatic N) is 2. The predicted octanol–water partition coefficient (Wildman–Crippen LogP) is 2.83. The van der Waals surface area contributed by atoms with Gasteiger partial charge in [-0.05, 0) is 31.2 Å². The average Bonchev–Trinajstić information content (AvgIpc) is 3.17. The van der Waals surface area contributed by atoms with Crippen molar-refractivity contribution in [2.45, 2.75) is 43.9 Å². The van der Waals surface area contributed by atoms with Crippen LogP contribution >= 0.6 is 0 Å². The van der Waals surface area contributed by atoms with Crippen molar-refractivity contribution in [3.8, 4) is 0 Å². The summed E-state index contributed by atoms with van der Waals surface area (Å²) >= 11 is 0. The lowest BCUT2D eigenvalue weighted by Gasteiger charge is -2.30. The number of carbonyl (C=O) groups excluding carboxylic acids is 2. The molecule has 0 radical (unpaired) electrons. The molecule has 1 aromatic carbocycles. The van der Waals surface area contributed by atoms with Gasteiger partial charge in [0.25, 0.3) is 0 Å². The van der Waals surface area contributed by atoms with E-state index in [0.29, 0.717) is 6.54 Å². The van der Waals surface area contributed by atoms with E-state index < -0.39 is 0 Å². The Morgan fingerprint density at radius 1 is 1.04 bits per heavy atom. The zero-order valence-electron chi connectivity index (χ0n) is 15.3. The highest BCUT2D eigenvalue weighted by Gasteiger charge is 2.58. The zero-order valence-corrected chi connectivity index (χ0v) is 15.3. The number of benzene rings is 1. The summed E-state index contributed by atoms with van der Waals surface area (Å²) in [5.74, 6) is 0.418. The minimum absolute atomic E-state index is 0.0176. The lowest BCUT2D eigenvalue weighted by atomic mass is 9.76. The Hall–Kier alpha value is -1.84. The Morgan fingerprint density at radius 2 is 1.68 bits per heavy atom. The number of hydrogen-bond donors (Lipinski definition) is 0. The van der Waals surface area contributed by atoms with E-state index in [1.54, 1.807) is 4.90 Å². The summed E-state index contributed by atoms with van der Waals surface area (Å²) in [6.45, 7) is 1.37. The molecule has 2 aliphatic carbocycles. The highest BCUT2D eigenvalue weighted by Crippen LogP contribution is 2.54. The molecule has 1 heterocycles. The van der Waals surface area contributed by atoms with Crippen LogP contribution in [0.1, 0.15) is 44.1 Å². The molecular formula is C21H28N2O2. The summed E-state index contributed by atoms with van der Waals surface area (Å²) in [7, 11) is 3.67. The summed E-state index contributed by atoms with van der Waals surface area (Å²) < 4.78 is 0. The van der Waals surface area contributed by atoms with E-state index in [0.717, 1.165) is 37.8 Å². The smallest absolute Gasteiger partial charge is 0.233 e. The Morgan fingerprint density at radius 3 is 2.24 bits per heavy atom. The molecule has 25 heavy (non-hydrogen) atoms. The molecule has 4 nitrogen and oxygen atoms in total. The molecule has 2 saturated carbocycles. The lowest BCUT2D eigenvalue weighted by Crippen LogP contribution is -2.39.